The molecule has 0 aromatic carbocycles. The minimum atomic E-state index is -0.0342. The largest absolute Gasteiger partial charge is 0.379 e. The van der Waals surface area contributed by atoms with E-state index in [2.05, 4.69) is 10.00 Å². The maximum Gasteiger partial charge on any atom is 0.227 e. The van der Waals surface area contributed by atoms with Gasteiger partial charge in [-0.3, -0.25) is 19.2 Å². The van der Waals surface area contributed by atoms with E-state index in [0.717, 1.165) is 78.3 Å². The zero-order valence-corrected chi connectivity index (χ0v) is 18.0. The third-order valence-corrected chi connectivity index (χ3v) is 6.89. The molecule has 0 aliphatic carbocycles. The van der Waals surface area contributed by atoms with Crippen molar-refractivity contribution in [2.45, 2.75) is 38.6 Å². The Bertz CT molecular complexity index is 681. The lowest BCUT2D eigenvalue weighted by Crippen LogP contribution is -2.50. The van der Waals surface area contributed by atoms with Crippen LogP contribution in [0.25, 0.3) is 0 Å². The van der Waals surface area contributed by atoms with Gasteiger partial charge in [-0.25, -0.2) is 0 Å². The lowest BCUT2D eigenvalue weighted by atomic mass is 9.91. The van der Waals surface area contributed by atoms with Crippen LogP contribution in [-0.2, 0) is 20.9 Å². The molecule has 4 heterocycles. The normalized spacial score (nSPS) is 24.4. The fraction of sp³-hybridized carbons (Fsp3) is 0.773. The summed E-state index contributed by atoms with van der Waals surface area (Å²) in [4.78, 5) is 31.8. The van der Waals surface area contributed by atoms with E-state index in [1.54, 1.807) is 0 Å². The van der Waals surface area contributed by atoms with Gasteiger partial charge in [0, 0.05) is 71.2 Å². The Morgan fingerprint density at radius 1 is 1.07 bits per heavy atom. The van der Waals surface area contributed by atoms with Crippen LogP contribution in [0, 0.1) is 11.8 Å². The molecule has 3 aliphatic rings. The topological polar surface area (TPSA) is 70.9 Å². The number of aromatic nitrogens is 2. The Hall–Kier alpha value is -1.93. The maximum absolute atomic E-state index is 13.1. The first-order valence-corrected chi connectivity index (χ1v) is 11.5. The molecule has 0 unspecified atom stereocenters. The van der Waals surface area contributed by atoms with Crippen LogP contribution in [0.15, 0.2) is 18.5 Å². The molecule has 8 heteroatoms. The summed E-state index contributed by atoms with van der Waals surface area (Å²) in [6.45, 7) is 8.23. The van der Waals surface area contributed by atoms with Crippen LogP contribution in [0.1, 0.15) is 32.1 Å². The van der Waals surface area contributed by atoms with Crippen molar-refractivity contribution in [3.05, 3.63) is 18.5 Å². The summed E-state index contributed by atoms with van der Waals surface area (Å²) in [5, 5.41) is 4.27. The molecule has 2 amide bonds. The number of rotatable bonds is 7. The second-order valence-electron chi connectivity index (χ2n) is 8.86. The average molecular weight is 418 g/mol. The van der Waals surface area contributed by atoms with Crippen LogP contribution in [0.3, 0.4) is 0 Å². The van der Waals surface area contributed by atoms with E-state index in [4.69, 9.17) is 4.74 Å². The van der Waals surface area contributed by atoms with Crippen molar-refractivity contribution < 1.29 is 14.3 Å². The first-order valence-electron chi connectivity index (χ1n) is 11.5. The monoisotopic (exact) mass is 417 g/mol. The van der Waals surface area contributed by atoms with Gasteiger partial charge in [-0.15, -0.1) is 0 Å². The maximum atomic E-state index is 13.1. The quantitative estimate of drug-likeness (QED) is 0.664. The Labute approximate surface area is 179 Å². The lowest BCUT2D eigenvalue weighted by molar-refractivity contribution is -0.144. The smallest absolute Gasteiger partial charge is 0.227 e. The molecule has 3 saturated heterocycles. The number of carbonyl (C=O) groups excluding carboxylic acids is 2. The van der Waals surface area contributed by atoms with Crippen molar-refractivity contribution in [3.8, 4) is 0 Å². The van der Waals surface area contributed by atoms with Gasteiger partial charge >= 0.3 is 0 Å². The van der Waals surface area contributed by atoms with Crippen LogP contribution in [0.4, 0.5) is 0 Å². The second kappa shape index (κ2) is 10.4. The minimum Gasteiger partial charge on any atom is -0.379 e. The van der Waals surface area contributed by atoms with E-state index in [0.29, 0.717) is 25.3 Å². The summed E-state index contributed by atoms with van der Waals surface area (Å²) in [5.74, 6) is 1.08. The number of hydrogen-bond donors (Lipinski definition) is 0. The Morgan fingerprint density at radius 2 is 1.87 bits per heavy atom. The van der Waals surface area contributed by atoms with E-state index in [1.807, 2.05) is 32.9 Å². The molecule has 0 saturated carbocycles. The van der Waals surface area contributed by atoms with E-state index in [9.17, 15) is 9.59 Å². The number of likely N-dealkylation sites (tertiary alicyclic amines) is 2. The first kappa shape index (κ1) is 21.3. The lowest BCUT2D eigenvalue weighted by Gasteiger charge is -2.38. The molecule has 3 fully saturated rings. The molecule has 0 bridgehead atoms. The highest BCUT2D eigenvalue weighted by atomic mass is 16.5. The zero-order chi connectivity index (χ0) is 20.8. The number of hydrogen-bond acceptors (Lipinski definition) is 5. The molecular weight excluding hydrogens is 382 g/mol. The van der Waals surface area contributed by atoms with Crippen molar-refractivity contribution in [2.24, 2.45) is 11.8 Å². The van der Waals surface area contributed by atoms with Crippen molar-refractivity contribution in [3.63, 3.8) is 0 Å². The van der Waals surface area contributed by atoms with E-state index in [1.165, 1.54) is 0 Å². The number of morpholine rings is 1. The van der Waals surface area contributed by atoms with E-state index < -0.39 is 0 Å². The summed E-state index contributed by atoms with van der Waals surface area (Å²) < 4.78 is 7.38. The molecule has 0 N–H and O–H groups in total. The van der Waals surface area contributed by atoms with Crippen LogP contribution < -0.4 is 0 Å². The fourth-order valence-electron chi connectivity index (χ4n) is 4.87. The SMILES string of the molecule is O=C1CC[C@H](C(=O)N2CCC(CCn3cccn3)CC2)CN1CCN1CCOCC1. The molecule has 30 heavy (non-hydrogen) atoms. The third-order valence-electron chi connectivity index (χ3n) is 6.89. The molecule has 1 atom stereocenters. The predicted molar refractivity (Wildman–Crippen MR) is 113 cm³/mol. The number of aryl methyl sites for hydroxylation is 1. The molecular formula is C22H35N5O3. The molecule has 8 nitrogen and oxygen atoms in total. The van der Waals surface area contributed by atoms with E-state index >= 15 is 0 Å². The molecule has 0 spiro atoms. The summed E-state index contributed by atoms with van der Waals surface area (Å²) in [6.07, 6.45) is 8.29. The van der Waals surface area contributed by atoms with Gasteiger partial charge in [0.15, 0.2) is 0 Å². The molecule has 1 aromatic heterocycles. The second-order valence-corrected chi connectivity index (χ2v) is 8.86. The van der Waals surface area contributed by atoms with Crippen LogP contribution in [-0.4, -0.2) is 95.3 Å². The molecule has 0 radical (unpaired) electrons. The Morgan fingerprint density at radius 3 is 2.60 bits per heavy atom. The average Bonchev–Trinajstić information content (AvgIpc) is 3.31. The van der Waals surface area contributed by atoms with Crippen LogP contribution >= 0.6 is 0 Å². The molecule has 166 valence electrons. The number of ether oxygens (including phenoxy) is 1. The Balaban J connectivity index is 1.20. The van der Waals surface area contributed by atoms with Crippen molar-refractivity contribution >= 4 is 11.8 Å². The first-order chi connectivity index (χ1) is 14.7. The third kappa shape index (κ3) is 5.60. The number of piperidine rings is 2. The van der Waals surface area contributed by atoms with Crippen molar-refractivity contribution in [2.75, 3.05) is 59.0 Å². The highest BCUT2D eigenvalue weighted by Gasteiger charge is 2.34. The number of carbonyl (C=O) groups is 2. The highest BCUT2D eigenvalue weighted by molar-refractivity contribution is 5.84. The van der Waals surface area contributed by atoms with Gasteiger partial charge in [0.1, 0.15) is 0 Å². The minimum absolute atomic E-state index is 0.0342. The van der Waals surface area contributed by atoms with E-state index in [-0.39, 0.29) is 17.7 Å². The fourth-order valence-corrected chi connectivity index (χ4v) is 4.87. The molecule has 4 rings (SSSR count). The van der Waals surface area contributed by atoms with Crippen molar-refractivity contribution in [1.82, 2.24) is 24.5 Å². The standard InChI is InChI=1S/C22H35N5O3/c28-21-3-2-20(18-26(21)13-12-24-14-16-30-17-15-24)22(29)25-9-4-19(5-10-25)6-11-27-8-1-7-23-27/h1,7-8,19-20H,2-6,9-18H2/t20-/m0/s1. The predicted octanol–water partition coefficient (Wildman–Crippen LogP) is 1.08. The van der Waals surface area contributed by atoms with Gasteiger partial charge in [-0.1, -0.05) is 0 Å². The van der Waals surface area contributed by atoms with Crippen LogP contribution in [0.5, 0.6) is 0 Å². The summed E-state index contributed by atoms with van der Waals surface area (Å²) in [7, 11) is 0. The van der Waals surface area contributed by atoms with Crippen molar-refractivity contribution in [1.29, 1.82) is 0 Å². The highest BCUT2D eigenvalue weighted by Crippen LogP contribution is 2.25. The van der Waals surface area contributed by atoms with Gasteiger partial charge in [-0.05, 0) is 37.7 Å². The molecule has 3 aliphatic heterocycles. The zero-order valence-electron chi connectivity index (χ0n) is 18.0. The summed E-state index contributed by atoms with van der Waals surface area (Å²) >= 11 is 0. The van der Waals surface area contributed by atoms with Gasteiger partial charge in [0.2, 0.25) is 11.8 Å². The number of amides is 2. The summed E-state index contributed by atoms with van der Waals surface area (Å²) in [6, 6.07) is 1.96. The number of nitrogens with zero attached hydrogens (tertiary/aromatic N) is 5. The van der Waals surface area contributed by atoms with Gasteiger partial charge < -0.3 is 14.5 Å². The Kier molecular flexibility index (Phi) is 7.38. The van der Waals surface area contributed by atoms with Gasteiger partial charge in [0.05, 0.1) is 19.1 Å². The van der Waals surface area contributed by atoms with Gasteiger partial charge in [-0.2, -0.15) is 5.10 Å². The van der Waals surface area contributed by atoms with Gasteiger partial charge in [0.25, 0.3) is 0 Å². The summed E-state index contributed by atoms with van der Waals surface area (Å²) in [5.41, 5.74) is 0. The molecule has 1 aromatic rings. The van der Waals surface area contributed by atoms with Crippen LogP contribution in [0.2, 0.25) is 0 Å².